The standard InChI is InChI=1S/C15H20BrNO2/c16-13-5-1-4-12(7-13)10-17-15(19)9-11-3-2-6-14(18)8-11/h2-3,6,8,12-13,18H,1,4-5,7,9-10H2,(H,17,19). The molecule has 0 aromatic heterocycles. The fourth-order valence-electron chi connectivity index (χ4n) is 2.58. The minimum absolute atomic E-state index is 0.0299. The number of carbonyl (C=O) groups excluding carboxylic acids is 1. The van der Waals surface area contributed by atoms with Crippen LogP contribution < -0.4 is 5.32 Å². The number of benzene rings is 1. The van der Waals surface area contributed by atoms with Crippen LogP contribution >= 0.6 is 15.9 Å². The van der Waals surface area contributed by atoms with Crippen molar-refractivity contribution in [1.29, 1.82) is 0 Å². The van der Waals surface area contributed by atoms with Crippen molar-refractivity contribution in [3.8, 4) is 5.75 Å². The summed E-state index contributed by atoms with van der Waals surface area (Å²) in [5.74, 6) is 0.827. The highest BCUT2D eigenvalue weighted by Gasteiger charge is 2.20. The molecule has 104 valence electrons. The molecule has 2 atom stereocenters. The van der Waals surface area contributed by atoms with Crippen LogP contribution in [-0.4, -0.2) is 22.4 Å². The number of phenolic OH excluding ortho intramolecular Hbond substituents is 1. The van der Waals surface area contributed by atoms with Crippen LogP contribution in [0.3, 0.4) is 0 Å². The number of halogens is 1. The minimum Gasteiger partial charge on any atom is -0.508 e. The van der Waals surface area contributed by atoms with Gasteiger partial charge in [0.25, 0.3) is 0 Å². The molecule has 1 aliphatic carbocycles. The van der Waals surface area contributed by atoms with Gasteiger partial charge in [0, 0.05) is 11.4 Å². The summed E-state index contributed by atoms with van der Waals surface area (Å²) >= 11 is 3.66. The van der Waals surface area contributed by atoms with E-state index < -0.39 is 0 Å². The smallest absolute Gasteiger partial charge is 0.224 e. The first-order chi connectivity index (χ1) is 9.13. The van der Waals surface area contributed by atoms with Crippen molar-refractivity contribution in [2.45, 2.75) is 36.9 Å². The Balaban J connectivity index is 1.75. The maximum atomic E-state index is 11.8. The van der Waals surface area contributed by atoms with Crippen LogP contribution in [0, 0.1) is 5.92 Å². The number of aromatic hydroxyl groups is 1. The van der Waals surface area contributed by atoms with Crippen molar-refractivity contribution in [2.24, 2.45) is 5.92 Å². The number of nitrogens with one attached hydrogen (secondary N) is 1. The molecule has 1 fully saturated rings. The van der Waals surface area contributed by atoms with Crippen molar-refractivity contribution in [1.82, 2.24) is 5.32 Å². The summed E-state index contributed by atoms with van der Waals surface area (Å²) in [4.78, 5) is 12.4. The van der Waals surface area contributed by atoms with Crippen molar-refractivity contribution in [2.75, 3.05) is 6.54 Å². The monoisotopic (exact) mass is 325 g/mol. The molecule has 2 N–H and O–H groups in total. The lowest BCUT2D eigenvalue weighted by atomic mass is 9.89. The Kier molecular flexibility index (Phi) is 5.25. The Morgan fingerprint density at radius 1 is 1.42 bits per heavy atom. The maximum absolute atomic E-state index is 11.8. The summed E-state index contributed by atoms with van der Waals surface area (Å²) < 4.78 is 0. The van der Waals surface area contributed by atoms with E-state index in [9.17, 15) is 9.90 Å². The van der Waals surface area contributed by atoms with Gasteiger partial charge in [-0.05, 0) is 42.9 Å². The van der Waals surface area contributed by atoms with Gasteiger partial charge in [0.15, 0.2) is 0 Å². The van der Waals surface area contributed by atoms with Crippen LogP contribution in [0.4, 0.5) is 0 Å². The van der Waals surface area contributed by atoms with Crippen molar-refractivity contribution in [3.05, 3.63) is 29.8 Å². The number of rotatable bonds is 4. The molecule has 1 aromatic rings. The molecule has 0 radical (unpaired) electrons. The highest BCUT2D eigenvalue weighted by atomic mass is 79.9. The third kappa shape index (κ3) is 4.86. The van der Waals surface area contributed by atoms with E-state index in [1.165, 1.54) is 19.3 Å². The van der Waals surface area contributed by atoms with E-state index >= 15 is 0 Å². The molecule has 19 heavy (non-hydrogen) atoms. The topological polar surface area (TPSA) is 49.3 Å². The van der Waals surface area contributed by atoms with Gasteiger partial charge in [-0.1, -0.05) is 34.5 Å². The van der Waals surface area contributed by atoms with Crippen LogP contribution in [-0.2, 0) is 11.2 Å². The number of phenols is 1. The Hall–Kier alpha value is -1.03. The minimum atomic E-state index is 0.0299. The SMILES string of the molecule is O=C(Cc1cccc(O)c1)NCC1CCCC(Br)C1. The van der Waals surface area contributed by atoms with Gasteiger partial charge in [0.05, 0.1) is 6.42 Å². The molecule has 3 nitrogen and oxygen atoms in total. The van der Waals surface area contributed by atoms with Crippen LogP contribution in [0.1, 0.15) is 31.2 Å². The first-order valence-electron chi connectivity index (χ1n) is 6.82. The largest absolute Gasteiger partial charge is 0.508 e. The maximum Gasteiger partial charge on any atom is 0.224 e. The summed E-state index contributed by atoms with van der Waals surface area (Å²) in [6, 6.07) is 6.86. The number of amides is 1. The molecule has 0 saturated heterocycles. The van der Waals surface area contributed by atoms with E-state index in [-0.39, 0.29) is 11.7 Å². The average molecular weight is 326 g/mol. The second-order valence-corrected chi connectivity index (χ2v) is 6.58. The Morgan fingerprint density at radius 3 is 3.00 bits per heavy atom. The highest BCUT2D eigenvalue weighted by Crippen LogP contribution is 2.28. The summed E-state index contributed by atoms with van der Waals surface area (Å²) in [5.41, 5.74) is 0.847. The van der Waals surface area contributed by atoms with Gasteiger partial charge in [-0.2, -0.15) is 0 Å². The fraction of sp³-hybridized carbons (Fsp3) is 0.533. The Labute approximate surface area is 122 Å². The third-order valence-electron chi connectivity index (χ3n) is 3.58. The first-order valence-corrected chi connectivity index (χ1v) is 7.73. The van der Waals surface area contributed by atoms with Crippen LogP contribution in [0.2, 0.25) is 0 Å². The van der Waals surface area contributed by atoms with E-state index in [2.05, 4.69) is 21.2 Å². The van der Waals surface area contributed by atoms with Gasteiger partial charge < -0.3 is 10.4 Å². The van der Waals surface area contributed by atoms with E-state index in [0.717, 1.165) is 18.5 Å². The molecule has 2 rings (SSSR count). The van der Waals surface area contributed by atoms with Gasteiger partial charge >= 0.3 is 0 Å². The van der Waals surface area contributed by atoms with Gasteiger partial charge in [-0.15, -0.1) is 0 Å². The molecule has 1 saturated carbocycles. The average Bonchev–Trinajstić information content (AvgIpc) is 2.36. The fourth-order valence-corrected chi connectivity index (χ4v) is 3.44. The number of hydrogen-bond acceptors (Lipinski definition) is 2. The second kappa shape index (κ2) is 6.94. The van der Waals surface area contributed by atoms with Crippen molar-refractivity contribution in [3.63, 3.8) is 0 Å². The molecule has 4 heteroatoms. The molecule has 1 amide bonds. The lowest BCUT2D eigenvalue weighted by Gasteiger charge is -2.25. The van der Waals surface area contributed by atoms with Gasteiger partial charge in [-0.3, -0.25) is 4.79 Å². The zero-order chi connectivity index (χ0) is 13.7. The molecular weight excluding hydrogens is 306 g/mol. The highest BCUT2D eigenvalue weighted by molar-refractivity contribution is 9.09. The lowest BCUT2D eigenvalue weighted by Crippen LogP contribution is -2.32. The normalized spacial score (nSPS) is 23.0. The lowest BCUT2D eigenvalue weighted by molar-refractivity contribution is -0.120. The first kappa shape index (κ1) is 14.4. The van der Waals surface area contributed by atoms with Gasteiger partial charge in [-0.25, -0.2) is 0 Å². The van der Waals surface area contributed by atoms with Crippen molar-refractivity contribution >= 4 is 21.8 Å². The van der Waals surface area contributed by atoms with Crippen molar-refractivity contribution < 1.29 is 9.90 Å². The van der Waals surface area contributed by atoms with E-state index in [4.69, 9.17) is 0 Å². The van der Waals surface area contributed by atoms with E-state index in [0.29, 0.717) is 17.2 Å². The number of hydrogen-bond donors (Lipinski definition) is 2. The quantitative estimate of drug-likeness (QED) is 0.836. The van der Waals surface area contributed by atoms with Crippen LogP contribution in [0.15, 0.2) is 24.3 Å². The molecule has 0 heterocycles. The van der Waals surface area contributed by atoms with E-state index in [1.54, 1.807) is 18.2 Å². The van der Waals surface area contributed by atoms with Crippen LogP contribution in [0.25, 0.3) is 0 Å². The predicted molar refractivity (Wildman–Crippen MR) is 79.5 cm³/mol. The molecule has 0 spiro atoms. The number of alkyl halides is 1. The van der Waals surface area contributed by atoms with E-state index in [1.807, 2.05) is 6.07 Å². The predicted octanol–water partition coefficient (Wildman–Crippen LogP) is 3.00. The summed E-state index contributed by atoms with van der Waals surface area (Å²) in [6.07, 6.45) is 5.16. The summed E-state index contributed by atoms with van der Waals surface area (Å²) in [6.45, 7) is 0.764. The zero-order valence-electron chi connectivity index (χ0n) is 10.9. The van der Waals surface area contributed by atoms with Crippen LogP contribution in [0.5, 0.6) is 5.75 Å². The second-order valence-electron chi connectivity index (χ2n) is 5.28. The molecular formula is C15H20BrNO2. The Bertz CT molecular complexity index is 436. The molecule has 1 aliphatic rings. The molecule has 0 aliphatic heterocycles. The molecule has 0 bridgehead atoms. The molecule has 2 unspecified atom stereocenters. The number of carbonyl (C=O) groups is 1. The van der Waals surface area contributed by atoms with Gasteiger partial charge in [0.2, 0.25) is 5.91 Å². The summed E-state index contributed by atoms with van der Waals surface area (Å²) in [7, 11) is 0. The van der Waals surface area contributed by atoms with Gasteiger partial charge in [0.1, 0.15) is 5.75 Å². The third-order valence-corrected chi connectivity index (χ3v) is 4.41. The molecule has 1 aromatic carbocycles. The Morgan fingerprint density at radius 2 is 2.26 bits per heavy atom. The summed E-state index contributed by atoms with van der Waals surface area (Å²) in [5, 5.41) is 12.4. The zero-order valence-corrected chi connectivity index (χ0v) is 12.5.